The van der Waals surface area contributed by atoms with Gasteiger partial charge in [-0.1, -0.05) is 60.7 Å². The molecule has 1 aliphatic heterocycles. The third-order valence-electron chi connectivity index (χ3n) is 16.5. The summed E-state index contributed by atoms with van der Waals surface area (Å²) in [7, 11) is 7.32. The summed E-state index contributed by atoms with van der Waals surface area (Å²) >= 11 is 0. The van der Waals surface area contributed by atoms with E-state index in [1.165, 1.54) is 20.1 Å². The maximum Gasteiger partial charge on any atom is 1.00 e. The van der Waals surface area contributed by atoms with Crippen LogP contribution in [0.4, 0.5) is 31.5 Å². The van der Waals surface area contributed by atoms with Gasteiger partial charge in [0.05, 0.1) is 55.9 Å². The molecule has 0 spiro atoms. The summed E-state index contributed by atoms with van der Waals surface area (Å²) in [6.45, 7) is 13.3. The first kappa shape index (κ1) is 77.9. The Hall–Kier alpha value is -10.4. The standard InChI is InChI=1S/C35H34FN5O2.C29H23FN4O2.C5H10N2O.C4H6O4.C2H3BO2.Na/c1-21-26(24-15-30(36)29(34(16-24)43-3)18-37-17-23-10-11-25(42)14-23)6-4-7-27(21)28-8-5-9-31(22(28)2)41-33-20-38-19-32-35(33)40-13-12-39-32;1-17-20(19-12-24(30)23(16-35)28(13-19)36-3)6-4-7-21(17)22-8-5-9-25(18(22)2)34-27-15-31-14-26-29(27)33-11-10-32-26;6-3-4-1-2-5(8)7-4;1-3(5)7-8-4(2)6;1-2(4)5-3;/h4-9,12-13,15-16,19-20,23,37,41H,10-11,14,17-18H2,1-3H3;4-16,34H,1-3H3;4H,1-3,6H2,(H,7,8);1-2H3;1H3;/q;;;;-1;+1/t23-;;4-;;;/m1.0.../s1. The van der Waals surface area contributed by atoms with Crippen molar-refractivity contribution < 1.29 is 91.0 Å². The number of methoxy groups -OCH3 is 2. The summed E-state index contributed by atoms with van der Waals surface area (Å²) in [5, 5.41) is 13.0. The smallest absolute Gasteiger partial charge is 0.793 e. The topological polar surface area (TPSA) is 300 Å². The molecule has 2 aliphatic rings. The van der Waals surface area contributed by atoms with Crippen LogP contribution in [0, 0.1) is 45.2 Å². The molecule has 0 unspecified atom stereocenters. The Morgan fingerprint density at radius 3 is 1.48 bits per heavy atom. The van der Waals surface area contributed by atoms with Gasteiger partial charge < -0.3 is 49.2 Å². The molecule has 101 heavy (non-hydrogen) atoms. The zero-order valence-corrected chi connectivity index (χ0v) is 59.8. The Morgan fingerprint density at radius 1 is 0.604 bits per heavy atom. The second-order valence-corrected chi connectivity index (χ2v) is 23.3. The SMILES string of the molecule is CC(=O)OOC(C)=O.COc1cc(-c2cccc(-c3cccc(Nc4cncc5nccnc45)c3C)c2C)cc(F)c1C=O.COc1cc(-c2cccc(-c3cccc(Nc4cncc5nccnc45)c3C)c2C)cc(F)c1CNC[C@@H]1CCC(=O)C1.NC[C@@H]1CCC(=O)N1.[B-]OC(C)=O.[Na+]. The minimum absolute atomic E-state index is 0. The average Bonchev–Trinajstić information content (AvgIpc) is 1.04. The van der Waals surface area contributed by atoms with Crippen molar-refractivity contribution in [3.8, 4) is 56.0 Å². The summed E-state index contributed by atoms with van der Waals surface area (Å²) in [4.78, 5) is 96.4. The van der Waals surface area contributed by atoms with Gasteiger partial charge in [0.25, 0.3) is 0 Å². The maximum absolute atomic E-state index is 15.5. The maximum atomic E-state index is 15.5. The van der Waals surface area contributed by atoms with Gasteiger partial charge in [0.2, 0.25) is 11.9 Å². The number of nitrogens with two attached hydrogens (primary N) is 1. The van der Waals surface area contributed by atoms with Gasteiger partial charge in [-0.25, -0.2) is 28.1 Å². The largest absolute Gasteiger partial charge is 1.00 e. The van der Waals surface area contributed by atoms with Crippen molar-refractivity contribution >= 4 is 88.7 Å². The molecule has 2 atom stereocenters. The number of carbonyl (C=O) groups is 6. The van der Waals surface area contributed by atoms with Crippen molar-refractivity contribution in [2.24, 2.45) is 11.7 Å². The van der Waals surface area contributed by atoms with Gasteiger partial charge in [-0.05, 0) is 156 Å². The fourth-order valence-electron chi connectivity index (χ4n) is 11.5. The van der Waals surface area contributed by atoms with E-state index in [-0.39, 0.29) is 58.6 Å². The van der Waals surface area contributed by atoms with Crippen molar-refractivity contribution in [1.29, 1.82) is 0 Å². The van der Waals surface area contributed by atoms with E-state index in [1.54, 1.807) is 68.8 Å². The summed E-state index contributed by atoms with van der Waals surface area (Å²) < 4.78 is 44.7. The molecule has 1 amide bonds. The van der Waals surface area contributed by atoms with Crippen molar-refractivity contribution in [3.63, 3.8) is 0 Å². The van der Waals surface area contributed by atoms with Crippen molar-refractivity contribution in [1.82, 2.24) is 40.5 Å². The summed E-state index contributed by atoms with van der Waals surface area (Å²) in [6, 6.07) is 31.1. The summed E-state index contributed by atoms with van der Waals surface area (Å²) in [6.07, 6.45) is 17.7. The molecule has 10 aromatic rings. The van der Waals surface area contributed by atoms with E-state index >= 15 is 4.39 Å². The monoisotopic (exact) mass is 1380 g/mol. The van der Waals surface area contributed by atoms with Crippen LogP contribution in [0.2, 0.25) is 0 Å². The van der Waals surface area contributed by atoms with Crippen LogP contribution < -0.4 is 66.0 Å². The number of amides is 1. The normalized spacial score (nSPS) is 13.4. The third-order valence-corrected chi connectivity index (χ3v) is 16.5. The predicted molar refractivity (Wildman–Crippen MR) is 379 cm³/mol. The van der Waals surface area contributed by atoms with Gasteiger partial charge in [-0.15, -0.1) is 0 Å². The Kier molecular flexibility index (Phi) is 29.1. The first-order valence-corrected chi connectivity index (χ1v) is 31.8. The quantitative estimate of drug-likeness (QED) is 0.0260. The molecule has 1 saturated heterocycles. The molecular formula is C75H76BF2N11NaO11. The van der Waals surface area contributed by atoms with Crippen LogP contribution in [0.15, 0.2) is 147 Å². The summed E-state index contributed by atoms with van der Waals surface area (Å²) in [5.41, 5.74) is 23.5. The average molecular weight is 1380 g/mol. The Labute approximate surface area is 607 Å². The van der Waals surface area contributed by atoms with E-state index in [4.69, 9.17) is 15.2 Å². The molecule has 3 radical (unpaired) electrons. The number of carbonyl (C=O) groups excluding carboxylic acids is 6. The number of benzene rings is 6. The molecule has 1 aliphatic carbocycles. The number of ether oxygens (including phenoxy) is 2. The van der Waals surface area contributed by atoms with E-state index in [0.717, 1.165) is 127 Å². The number of aldehydes is 1. The van der Waals surface area contributed by atoms with Gasteiger partial charge in [-0.3, -0.25) is 49.1 Å². The van der Waals surface area contributed by atoms with Gasteiger partial charge in [0.1, 0.15) is 51.0 Å². The van der Waals surface area contributed by atoms with Gasteiger partial charge in [-0.2, -0.15) is 0 Å². The number of hydrogen-bond donors (Lipinski definition) is 5. The van der Waals surface area contributed by atoms with Crippen LogP contribution in [-0.2, 0) is 44.9 Å². The molecule has 515 valence electrons. The van der Waals surface area contributed by atoms with Gasteiger partial charge >= 0.3 is 41.5 Å². The number of Topliss-reactive ketones (excluding diaryl/α,β-unsaturated/α-hetero) is 1. The Morgan fingerprint density at radius 2 is 1.06 bits per heavy atom. The number of nitrogens with zero attached hydrogens (tertiary/aromatic N) is 6. The third kappa shape index (κ3) is 20.6. The number of fused-ring (bicyclic) bond motifs is 2. The van der Waals surface area contributed by atoms with Crippen LogP contribution in [-0.4, -0.2) is 107 Å². The second-order valence-electron chi connectivity index (χ2n) is 23.3. The number of aromatic nitrogens is 6. The zero-order valence-electron chi connectivity index (χ0n) is 57.8. The zero-order chi connectivity index (χ0) is 72.0. The fraction of sp³-hybridized carbons (Fsp3) is 0.253. The number of anilines is 4. The fourth-order valence-corrected chi connectivity index (χ4v) is 11.5. The molecule has 5 heterocycles. The second kappa shape index (κ2) is 37.7. The Balaban J connectivity index is 0.000000220. The molecule has 2 fully saturated rings. The van der Waals surface area contributed by atoms with Crippen molar-refractivity contribution in [2.75, 3.05) is 37.9 Å². The van der Waals surface area contributed by atoms with Crippen LogP contribution in [0.3, 0.4) is 0 Å². The van der Waals surface area contributed by atoms with Crippen molar-refractivity contribution in [3.05, 3.63) is 192 Å². The van der Waals surface area contributed by atoms with E-state index in [9.17, 15) is 33.2 Å². The number of ketones is 1. The molecule has 6 aromatic carbocycles. The first-order chi connectivity index (χ1) is 48.2. The molecule has 26 heteroatoms. The molecule has 4 aromatic heterocycles. The number of hydrogen-bond acceptors (Lipinski definition) is 21. The predicted octanol–water partition coefficient (Wildman–Crippen LogP) is 9.89. The van der Waals surface area contributed by atoms with E-state index in [1.807, 2.05) is 67.6 Å². The minimum Gasteiger partial charge on any atom is -0.793 e. The van der Waals surface area contributed by atoms with Gasteiger partial charge in [0, 0.05) is 101 Å². The molecule has 12 rings (SSSR count). The van der Waals surface area contributed by atoms with Crippen LogP contribution >= 0.6 is 0 Å². The van der Waals surface area contributed by atoms with Gasteiger partial charge in [0.15, 0.2) is 6.29 Å². The molecule has 6 N–H and O–H groups in total. The first-order valence-electron chi connectivity index (χ1n) is 31.8. The summed E-state index contributed by atoms with van der Waals surface area (Å²) in [5.74, 6) is -1.19. The number of rotatable bonds is 16. The number of halogens is 2. The molecule has 1 saturated carbocycles. The van der Waals surface area contributed by atoms with Crippen LogP contribution in [0.5, 0.6) is 11.5 Å². The van der Waals surface area contributed by atoms with Crippen LogP contribution in [0.25, 0.3) is 66.6 Å². The molecule has 22 nitrogen and oxygen atoms in total. The number of pyridine rings is 2. The van der Waals surface area contributed by atoms with E-state index in [2.05, 4.69) is 113 Å². The van der Waals surface area contributed by atoms with E-state index in [0.29, 0.717) is 79.3 Å². The molecule has 0 bridgehead atoms. The number of nitrogens with one attached hydrogen (secondary N) is 4. The van der Waals surface area contributed by atoms with Crippen molar-refractivity contribution in [2.45, 2.75) is 93.2 Å². The Bertz CT molecular complexity index is 4610. The van der Waals surface area contributed by atoms with E-state index < -0.39 is 23.7 Å². The van der Waals surface area contributed by atoms with Crippen LogP contribution in [0.1, 0.15) is 91.1 Å². The minimum atomic E-state index is -0.639. The molecular weight excluding hydrogens is 1300 g/mol.